The van der Waals surface area contributed by atoms with E-state index in [0.29, 0.717) is 0 Å². The summed E-state index contributed by atoms with van der Waals surface area (Å²) in [6, 6.07) is 9.72. The lowest BCUT2D eigenvalue weighted by atomic mass is 9.90. The molecule has 0 amide bonds. The molecule has 0 saturated heterocycles. The molecule has 3 atom stereocenters. The predicted octanol–water partition coefficient (Wildman–Crippen LogP) is 3.47. The second-order valence-corrected chi connectivity index (χ2v) is 6.17. The van der Waals surface area contributed by atoms with Gasteiger partial charge < -0.3 is 5.32 Å². The fourth-order valence-corrected chi connectivity index (χ4v) is 3.23. The molecular formula is C14H20IN. The highest BCUT2D eigenvalue weighted by molar-refractivity contribution is 14.1. The van der Waals surface area contributed by atoms with Crippen molar-refractivity contribution in [2.24, 2.45) is 11.8 Å². The van der Waals surface area contributed by atoms with Crippen LogP contribution in [0.3, 0.4) is 0 Å². The van der Waals surface area contributed by atoms with E-state index in [-0.39, 0.29) is 0 Å². The highest BCUT2D eigenvalue weighted by atomic mass is 127. The van der Waals surface area contributed by atoms with Gasteiger partial charge in [0.05, 0.1) is 0 Å². The van der Waals surface area contributed by atoms with Crippen LogP contribution in [-0.2, 0) is 6.42 Å². The standard InChI is InChI=1S/C14H20IN/c1-10-12(5-8-14(10)16-2)9-11-3-6-13(15)7-4-11/h3-4,6-7,10,12,14,16H,5,8-9H2,1-2H3. The first-order valence-corrected chi connectivity index (χ1v) is 7.20. The summed E-state index contributed by atoms with van der Waals surface area (Å²) in [4.78, 5) is 0. The molecule has 0 spiro atoms. The molecule has 3 unspecified atom stereocenters. The highest BCUT2D eigenvalue weighted by Gasteiger charge is 2.31. The molecule has 2 rings (SSSR count). The molecular weight excluding hydrogens is 309 g/mol. The van der Waals surface area contributed by atoms with Gasteiger partial charge in [-0.3, -0.25) is 0 Å². The zero-order chi connectivity index (χ0) is 11.5. The van der Waals surface area contributed by atoms with Gasteiger partial charge in [-0.25, -0.2) is 0 Å². The second-order valence-electron chi connectivity index (χ2n) is 4.92. The smallest absolute Gasteiger partial charge is 0.0130 e. The van der Waals surface area contributed by atoms with E-state index < -0.39 is 0 Å². The van der Waals surface area contributed by atoms with Crippen LogP contribution in [0.2, 0.25) is 0 Å². The van der Waals surface area contributed by atoms with Gasteiger partial charge in [-0.1, -0.05) is 19.1 Å². The number of nitrogens with one attached hydrogen (secondary N) is 1. The van der Waals surface area contributed by atoms with Crippen LogP contribution in [0.25, 0.3) is 0 Å². The lowest BCUT2D eigenvalue weighted by Crippen LogP contribution is -2.29. The molecule has 1 saturated carbocycles. The Morgan fingerprint density at radius 1 is 1.25 bits per heavy atom. The van der Waals surface area contributed by atoms with Gasteiger partial charge in [0.25, 0.3) is 0 Å². The summed E-state index contributed by atoms with van der Waals surface area (Å²) >= 11 is 2.36. The molecule has 1 aromatic rings. The van der Waals surface area contributed by atoms with Gasteiger partial charge in [-0.15, -0.1) is 0 Å². The van der Waals surface area contributed by atoms with Crippen molar-refractivity contribution in [3.8, 4) is 0 Å². The fourth-order valence-electron chi connectivity index (χ4n) is 2.87. The van der Waals surface area contributed by atoms with E-state index in [9.17, 15) is 0 Å². The zero-order valence-electron chi connectivity index (χ0n) is 10.0. The summed E-state index contributed by atoms with van der Waals surface area (Å²) in [6.07, 6.45) is 3.96. The SMILES string of the molecule is CNC1CCC(Cc2ccc(I)cc2)C1C. The number of halogens is 1. The normalized spacial score (nSPS) is 29.6. The average molecular weight is 329 g/mol. The van der Waals surface area contributed by atoms with Crippen molar-refractivity contribution < 1.29 is 0 Å². The summed E-state index contributed by atoms with van der Waals surface area (Å²) in [5, 5.41) is 3.44. The number of rotatable bonds is 3. The third kappa shape index (κ3) is 2.77. The van der Waals surface area contributed by atoms with Crippen LogP contribution in [0.15, 0.2) is 24.3 Å². The lowest BCUT2D eigenvalue weighted by molar-refractivity contribution is 0.364. The van der Waals surface area contributed by atoms with Crippen LogP contribution >= 0.6 is 22.6 Å². The summed E-state index contributed by atoms with van der Waals surface area (Å²) in [5.74, 6) is 1.67. The van der Waals surface area contributed by atoms with Gasteiger partial charge in [-0.2, -0.15) is 0 Å². The van der Waals surface area contributed by atoms with Crippen molar-refractivity contribution >= 4 is 22.6 Å². The summed E-state index contributed by atoms with van der Waals surface area (Å²) in [6.45, 7) is 2.39. The Bertz CT molecular complexity index is 333. The van der Waals surface area contributed by atoms with E-state index in [4.69, 9.17) is 0 Å². The van der Waals surface area contributed by atoms with E-state index >= 15 is 0 Å². The van der Waals surface area contributed by atoms with E-state index in [1.165, 1.54) is 28.4 Å². The van der Waals surface area contributed by atoms with Gasteiger partial charge in [0.2, 0.25) is 0 Å². The Hall–Kier alpha value is -0.0900. The molecule has 0 aliphatic heterocycles. The maximum atomic E-state index is 3.44. The topological polar surface area (TPSA) is 12.0 Å². The molecule has 0 heterocycles. The fraction of sp³-hybridized carbons (Fsp3) is 0.571. The van der Waals surface area contributed by atoms with Crippen molar-refractivity contribution in [1.29, 1.82) is 0 Å². The number of benzene rings is 1. The Balaban J connectivity index is 1.98. The Morgan fingerprint density at radius 2 is 1.94 bits per heavy atom. The van der Waals surface area contributed by atoms with Crippen molar-refractivity contribution in [2.45, 2.75) is 32.2 Å². The molecule has 1 aliphatic rings. The molecule has 2 heteroatoms. The maximum absolute atomic E-state index is 3.44. The molecule has 88 valence electrons. The molecule has 1 fully saturated rings. The van der Waals surface area contributed by atoms with Gasteiger partial charge in [0.1, 0.15) is 0 Å². The molecule has 1 nitrogen and oxygen atoms in total. The Morgan fingerprint density at radius 3 is 2.50 bits per heavy atom. The summed E-state index contributed by atoms with van der Waals surface area (Å²) < 4.78 is 1.33. The van der Waals surface area contributed by atoms with E-state index in [1.807, 2.05) is 0 Å². The average Bonchev–Trinajstić information content (AvgIpc) is 2.63. The predicted molar refractivity (Wildman–Crippen MR) is 77.6 cm³/mol. The van der Waals surface area contributed by atoms with Crippen LogP contribution in [0.5, 0.6) is 0 Å². The first kappa shape index (κ1) is 12.4. The molecule has 1 aromatic carbocycles. The minimum Gasteiger partial charge on any atom is -0.317 e. The third-order valence-corrected chi connectivity index (χ3v) is 4.73. The van der Waals surface area contributed by atoms with Crippen molar-refractivity contribution in [2.75, 3.05) is 7.05 Å². The van der Waals surface area contributed by atoms with Crippen molar-refractivity contribution in [3.05, 3.63) is 33.4 Å². The molecule has 16 heavy (non-hydrogen) atoms. The second kappa shape index (κ2) is 5.50. The van der Waals surface area contributed by atoms with Crippen LogP contribution < -0.4 is 5.32 Å². The monoisotopic (exact) mass is 329 g/mol. The van der Waals surface area contributed by atoms with E-state index in [2.05, 4.69) is 66.1 Å². The Labute approximate surface area is 112 Å². The Kier molecular flexibility index (Phi) is 4.25. The van der Waals surface area contributed by atoms with Gasteiger partial charge in [0, 0.05) is 9.61 Å². The number of hydrogen-bond acceptors (Lipinski definition) is 1. The van der Waals surface area contributed by atoms with Crippen molar-refractivity contribution in [1.82, 2.24) is 5.32 Å². The largest absolute Gasteiger partial charge is 0.317 e. The molecule has 1 aliphatic carbocycles. The molecule has 1 N–H and O–H groups in total. The summed E-state index contributed by atoms with van der Waals surface area (Å²) in [5.41, 5.74) is 1.49. The quantitative estimate of drug-likeness (QED) is 0.838. The van der Waals surface area contributed by atoms with Crippen LogP contribution in [0, 0.1) is 15.4 Å². The third-order valence-electron chi connectivity index (χ3n) is 4.01. The lowest BCUT2D eigenvalue weighted by Gasteiger charge is -2.20. The van der Waals surface area contributed by atoms with Gasteiger partial charge in [-0.05, 0) is 78.4 Å². The highest BCUT2D eigenvalue weighted by Crippen LogP contribution is 2.34. The van der Waals surface area contributed by atoms with Crippen molar-refractivity contribution in [3.63, 3.8) is 0 Å². The van der Waals surface area contributed by atoms with Crippen LogP contribution in [0.4, 0.5) is 0 Å². The zero-order valence-corrected chi connectivity index (χ0v) is 12.2. The van der Waals surface area contributed by atoms with E-state index in [1.54, 1.807) is 0 Å². The molecule has 0 aromatic heterocycles. The first-order valence-electron chi connectivity index (χ1n) is 6.12. The van der Waals surface area contributed by atoms with Gasteiger partial charge >= 0.3 is 0 Å². The van der Waals surface area contributed by atoms with Crippen LogP contribution in [-0.4, -0.2) is 13.1 Å². The van der Waals surface area contributed by atoms with Crippen LogP contribution in [0.1, 0.15) is 25.3 Å². The van der Waals surface area contributed by atoms with Gasteiger partial charge in [0.15, 0.2) is 0 Å². The minimum atomic E-state index is 0.730. The molecule has 0 bridgehead atoms. The maximum Gasteiger partial charge on any atom is 0.0130 e. The first-order chi connectivity index (χ1) is 7.70. The van der Waals surface area contributed by atoms with E-state index in [0.717, 1.165) is 17.9 Å². The number of hydrogen-bond donors (Lipinski definition) is 1. The summed E-state index contributed by atoms with van der Waals surface area (Å²) in [7, 11) is 2.09. The molecule has 0 radical (unpaired) electrons. The minimum absolute atomic E-state index is 0.730.